The molecule has 1 aromatic rings. The van der Waals surface area contributed by atoms with Crippen LogP contribution in [-0.4, -0.2) is 5.11 Å². The van der Waals surface area contributed by atoms with E-state index in [9.17, 15) is 9.50 Å². The van der Waals surface area contributed by atoms with Gasteiger partial charge in [0.1, 0.15) is 5.82 Å². The van der Waals surface area contributed by atoms with Crippen molar-refractivity contribution in [1.29, 1.82) is 0 Å². The van der Waals surface area contributed by atoms with Crippen LogP contribution in [0.15, 0.2) is 16.6 Å². The Balaban J connectivity index is 2.32. The molecule has 1 nitrogen and oxygen atoms in total. The van der Waals surface area contributed by atoms with E-state index in [2.05, 4.69) is 15.9 Å². The van der Waals surface area contributed by atoms with E-state index in [1.807, 2.05) is 6.92 Å². The van der Waals surface area contributed by atoms with E-state index >= 15 is 0 Å². The van der Waals surface area contributed by atoms with Gasteiger partial charge in [-0.1, -0.05) is 24.6 Å². The Kier molecular flexibility index (Phi) is 3.06. The minimum atomic E-state index is -0.731. The molecule has 0 aliphatic heterocycles. The van der Waals surface area contributed by atoms with Gasteiger partial charge in [0.2, 0.25) is 0 Å². The van der Waals surface area contributed by atoms with E-state index in [1.165, 1.54) is 0 Å². The third kappa shape index (κ3) is 2.05. The molecule has 1 aliphatic rings. The summed E-state index contributed by atoms with van der Waals surface area (Å²) in [5.41, 5.74) is 0.303. The van der Waals surface area contributed by atoms with Crippen LogP contribution in [0.2, 0.25) is 5.02 Å². The molecule has 0 heterocycles. The first-order valence-corrected chi connectivity index (χ1v) is 6.01. The molecule has 1 fully saturated rings. The highest BCUT2D eigenvalue weighted by atomic mass is 79.9. The van der Waals surface area contributed by atoms with Gasteiger partial charge in [0.15, 0.2) is 0 Å². The molecule has 2 rings (SSSR count). The van der Waals surface area contributed by atoms with Crippen LogP contribution in [0.4, 0.5) is 4.39 Å². The lowest BCUT2D eigenvalue weighted by Gasteiger charge is -2.12. The highest BCUT2D eigenvalue weighted by Crippen LogP contribution is 2.48. The maximum atomic E-state index is 13.7. The van der Waals surface area contributed by atoms with E-state index in [0.29, 0.717) is 16.0 Å². The molecule has 3 atom stereocenters. The quantitative estimate of drug-likeness (QED) is 0.819. The minimum absolute atomic E-state index is 0.0415. The summed E-state index contributed by atoms with van der Waals surface area (Å²) in [6, 6.07) is 3.25. The van der Waals surface area contributed by atoms with E-state index < -0.39 is 11.9 Å². The molecule has 4 heteroatoms. The van der Waals surface area contributed by atoms with Crippen molar-refractivity contribution in [2.24, 2.45) is 11.8 Å². The molecule has 1 N–H and O–H groups in total. The monoisotopic (exact) mass is 292 g/mol. The van der Waals surface area contributed by atoms with Crippen LogP contribution < -0.4 is 0 Å². The van der Waals surface area contributed by atoms with Crippen LogP contribution in [0, 0.1) is 17.7 Å². The van der Waals surface area contributed by atoms with Crippen molar-refractivity contribution < 1.29 is 9.50 Å². The standard InChI is InChI=1S/C11H11BrClFO/c1-5-4-7(5)11(15)6-2-3-8(12)9(13)10(6)14/h2-3,5,7,11,15H,4H2,1H3. The predicted molar refractivity (Wildman–Crippen MR) is 61.3 cm³/mol. The second kappa shape index (κ2) is 4.04. The van der Waals surface area contributed by atoms with Gasteiger partial charge in [-0.05, 0) is 40.3 Å². The third-order valence-corrected chi connectivity index (χ3v) is 4.22. The second-order valence-electron chi connectivity index (χ2n) is 4.09. The van der Waals surface area contributed by atoms with Crippen molar-refractivity contribution in [2.45, 2.75) is 19.4 Å². The van der Waals surface area contributed by atoms with Gasteiger partial charge in [0, 0.05) is 10.0 Å². The summed E-state index contributed by atoms with van der Waals surface area (Å²) < 4.78 is 14.2. The lowest BCUT2D eigenvalue weighted by molar-refractivity contribution is 0.144. The summed E-state index contributed by atoms with van der Waals surface area (Å²) in [6.45, 7) is 2.05. The van der Waals surface area contributed by atoms with Crippen molar-refractivity contribution in [2.75, 3.05) is 0 Å². The van der Waals surface area contributed by atoms with Gasteiger partial charge in [-0.15, -0.1) is 0 Å². The highest BCUT2D eigenvalue weighted by molar-refractivity contribution is 9.10. The maximum absolute atomic E-state index is 13.7. The van der Waals surface area contributed by atoms with Gasteiger partial charge in [-0.2, -0.15) is 0 Å². The molecule has 0 saturated heterocycles. The van der Waals surface area contributed by atoms with Crippen molar-refractivity contribution in [3.05, 3.63) is 33.0 Å². The Morgan fingerprint density at radius 3 is 2.73 bits per heavy atom. The number of hydrogen-bond acceptors (Lipinski definition) is 1. The van der Waals surface area contributed by atoms with Crippen LogP contribution in [0.5, 0.6) is 0 Å². The van der Waals surface area contributed by atoms with Crippen molar-refractivity contribution >= 4 is 27.5 Å². The van der Waals surface area contributed by atoms with Crippen LogP contribution >= 0.6 is 27.5 Å². The SMILES string of the molecule is CC1CC1C(O)c1ccc(Br)c(Cl)c1F. The van der Waals surface area contributed by atoms with Crippen LogP contribution in [0.1, 0.15) is 25.0 Å². The number of hydrogen-bond donors (Lipinski definition) is 1. The molecule has 0 amide bonds. The summed E-state index contributed by atoms with van der Waals surface area (Å²) in [5.74, 6) is 0.135. The largest absolute Gasteiger partial charge is 0.388 e. The van der Waals surface area contributed by atoms with Crippen LogP contribution in [0.25, 0.3) is 0 Å². The van der Waals surface area contributed by atoms with Gasteiger partial charge in [-0.3, -0.25) is 0 Å². The Hall–Kier alpha value is -0.120. The fourth-order valence-corrected chi connectivity index (χ4v) is 2.27. The molecule has 1 saturated carbocycles. The Labute approximate surface area is 101 Å². The average Bonchev–Trinajstić information content (AvgIpc) is 2.91. The summed E-state index contributed by atoms with van der Waals surface area (Å²) >= 11 is 8.90. The number of aliphatic hydroxyl groups excluding tert-OH is 1. The zero-order valence-electron chi connectivity index (χ0n) is 8.17. The van der Waals surface area contributed by atoms with Crippen molar-refractivity contribution in [3.63, 3.8) is 0 Å². The van der Waals surface area contributed by atoms with Crippen molar-refractivity contribution in [1.82, 2.24) is 0 Å². The first-order valence-electron chi connectivity index (χ1n) is 4.84. The number of rotatable bonds is 2. The molecule has 82 valence electrons. The number of benzene rings is 1. The lowest BCUT2D eigenvalue weighted by Crippen LogP contribution is -2.04. The van der Waals surface area contributed by atoms with E-state index in [1.54, 1.807) is 12.1 Å². The smallest absolute Gasteiger partial charge is 0.148 e. The zero-order chi connectivity index (χ0) is 11.2. The molecule has 0 bridgehead atoms. The fourth-order valence-electron chi connectivity index (χ4n) is 1.79. The summed E-state index contributed by atoms with van der Waals surface area (Å²) in [5, 5.41) is 9.95. The molecule has 1 aromatic carbocycles. The Morgan fingerprint density at radius 1 is 1.60 bits per heavy atom. The van der Waals surface area contributed by atoms with Gasteiger partial charge >= 0.3 is 0 Å². The first kappa shape index (κ1) is 11.4. The van der Waals surface area contributed by atoms with Crippen molar-refractivity contribution in [3.8, 4) is 0 Å². The maximum Gasteiger partial charge on any atom is 0.148 e. The van der Waals surface area contributed by atoms with E-state index in [-0.39, 0.29) is 10.9 Å². The second-order valence-corrected chi connectivity index (χ2v) is 5.32. The lowest BCUT2D eigenvalue weighted by atomic mass is 10.0. The number of halogens is 3. The van der Waals surface area contributed by atoms with E-state index in [0.717, 1.165) is 6.42 Å². The molecular formula is C11H11BrClFO. The average molecular weight is 294 g/mol. The molecule has 0 spiro atoms. The molecule has 15 heavy (non-hydrogen) atoms. The van der Waals surface area contributed by atoms with Gasteiger partial charge in [-0.25, -0.2) is 4.39 Å². The van der Waals surface area contributed by atoms with Gasteiger partial charge in [0.05, 0.1) is 11.1 Å². The molecule has 1 aliphatic carbocycles. The molecular weight excluding hydrogens is 282 g/mol. The normalized spacial score (nSPS) is 26.5. The summed E-state index contributed by atoms with van der Waals surface area (Å²) in [7, 11) is 0. The summed E-state index contributed by atoms with van der Waals surface area (Å²) in [6.07, 6.45) is 0.222. The first-order chi connectivity index (χ1) is 7.02. The molecule has 3 unspecified atom stereocenters. The van der Waals surface area contributed by atoms with Gasteiger partial charge < -0.3 is 5.11 Å². The van der Waals surface area contributed by atoms with Crippen LogP contribution in [0.3, 0.4) is 0 Å². The van der Waals surface area contributed by atoms with E-state index in [4.69, 9.17) is 11.6 Å². The summed E-state index contributed by atoms with van der Waals surface area (Å²) in [4.78, 5) is 0. The highest BCUT2D eigenvalue weighted by Gasteiger charge is 2.40. The molecule has 0 radical (unpaired) electrons. The zero-order valence-corrected chi connectivity index (χ0v) is 10.5. The fraction of sp³-hybridized carbons (Fsp3) is 0.455. The van der Waals surface area contributed by atoms with Crippen LogP contribution in [-0.2, 0) is 0 Å². The number of aliphatic hydroxyl groups is 1. The van der Waals surface area contributed by atoms with Gasteiger partial charge in [0.25, 0.3) is 0 Å². The topological polar surface area (TPSA) is 20.2 Å². The third-order valence-electron chi connectivity index (χ3n) is 2.96. The Morgan fingerprint density at radius 2 is 2.20 bits per heavy atom. The minimum Gasteiger partial charge on any atom is -0.388 e. The predicted octanol–water partition coefficient (Wildman–Crippen LogP) is 3.93. The Bertz CT molecular complexity index is 396. The molecule has 0 aromatic heterocycles.